The maximum atomic E-state index is 9.88. The third-order valence-corrected chi connectivity index (χ3v) is 6.26. The van der Waals surface area contributed by atoms with E-state index in [-0.39, 0.29) is 6.04 Å². The molecule has 0 spiro atoms. The Bertz CT molecular complexity index is 1110. The molecule has 4 aromatic rings. The number of halogens is 1. The van der Waals surface area contributed by atoms with E-state index in [2.05, 4.69) is 23.2 Å². The molecule has 0 aliphatic heterocycles. The number of hydrogen-bond donors (Lipinski definition) is 2. The molecule has 5 heteroatoms. The zero-order valence-electron chi connectivity index (χ0n) is 14.8. The topological polar surface area (TPSA) is 59.1 Å². The molecule has 2 aromatic heterocycles. The Morgan fingerprint density at radius 1 is 1.07 bits per heavy atom. The fraction of sp³-hybridized carbons (Fsp3) is 0.136. The Kier molecular flexibility index (Phi) is 4.98. The van der Waals surface area contributed by atoms with Crippen molar-refractivity contribution in [3.63, 3.8) is 0 Å². The first-order valence-electron chi connectivity index (χ1n) is 8.71. The fourth-order valence-corrected chi connectivity index (χ4v) is 4.63. The Labute approximate surface area is 167 Å². The maximum Gasteiger partial charge on any atom is 0.0763 e. The van der Waals surface area contributed by atoms with E-state index < -0.39 is 6.10 Å². The third-order valence-electron chi connectivity index (χ3n) is 4.65. The fourth-order valence-electron chi connectivity index (χ4n) is 3.17. The predicted octanol–water partition coefficient (Wildman–Crippen LogP) is 5.72. The van der Waals surface area contributed by atoms with Crippen LogP contribution in [0.15, 0.2) is 66.9 Å². The number of hydrogen-bond acceptors (Lipinski definition) is 4. The molecular weight excluding hydrogens is 376 g/mol. The number of nitrogens with two attached hydrogens (primary N) is 1. The molecule has 2 heterocycles. The summed E-state index contributed by atoms with van der Waals surface area (Å²) >= 11 is 7.99. The quantitative estimate of drug-likeness (QED) is 0.465. The molecule has 0 aliphatic rings. The van der Waals surface area contributed by atoms with E-state index in [1.165, 1.54) is 0 Å². The SMILES string of the molecule is CC(O)c1ccnc(-c2cccc3cc([C@H](N)c4ccccc4Cl)sc23)c1. The molecule has 27 heavy (non-hydrogen) atoms. The van der Waals surface area contributed by atoms with Crippen molar-refractivity contribution in [2.24, 2.45) is 5.73 Å². The van der Waals surface area contributed by atoms with E-state index in [9.17, 15) is 5.11 Å². The lowest BCUT2D eigenvalue weighted by Crippen LogP contribution is -2.10. The van der Waals surface area contributed by atoms with Crippen molar-refractivity contribution in [3.05, 3.63) is 87.9 Å². The van der Waals surface area contributed by atoms with E-state index in [1.807, 2.05) is 42.5 Å². The largest absolute Gasteiger partial charge is 0.389 e. The van der Waals surface area contributed by atoms with Crippen LogP contribution in [-0.4, -0.2) is 10.1 Å². The van der Waals surface area contributed by atoms with Gasteiger partial charge in [-0.25, -0.2) is 0 Å². The molecule has 0 bridgehead atoms. The zero-order valence-corrected chi connectivity index (χ0v) is 16.3. The summed E-state index contributed by atoms with van der Waals surface area (Å²) < 4.78 is 1.13. The summed E-state index contributed by atoms with van der Waals surface area (Å²) in [7, 11) is 0. The highest BCUT2D eigenvalue weighted by atomic mass is 35.5. The highest BCUT2D eigenvalue weighted by Gasteiger charge is 2.17. The maximum absolute atomic E-state index is 9.88. The first kappa shape index (κ1) is 18.1. The first-order chi connectivity index (χ1) is 13.0. The molecule has 0 saturated heterocycles. The lowest BCUT2D eigenvalue weighted by atomic mass is 10.0. The molecule has 0 amide bonds. The summed E-state index contributed by atoms with van der Waals surface area (Å²) in [6.07, 6.45) is 1.21. The standard InChI is InChI=1S/C22H19ClN2OS/c1-13(26)14-9-10-25-19(11-14)17-7-4-5-15-12-20(27-22(15)17)21(24)16-6-2-3-8-18(16)23/h2-13,21,26H,24H2,1H3/t13?,21-/m1/s1. The number of aliphatic hydroxyl groups excluding tert-OH is 1. The molecule has 3 N–H and O–H groups in total. The molecule has 2 atom stereocenters. The Morgan fingerprint density at radius 2 is 1.89 bits per heavy atom. The minimum Gasteiger partial charge on any atom is -0.389 e. The molecule has 3 nitrogen and oxygen atoms in total. The van der Waals surface area contributed by atoms with Crippen LogP contribution >= 0.6 is 22.9 Å². The molecule has 0 aliphatic carbocycles. The van der Waals surface area contributed by atoms with Gasteiger partial charge in [-0.2, -0.15) is 0 Å². The van der Waals surface area contributed by atoms with E-state index in [1.54, 1.807) is 24.5 Å². The van der Waals surface area contributed by atoms with E-state index in [4.69, 9.17) is 17.3 Å². The number of nitrogens with zero attached hydrogens (tertiary/aromatic N) is 1. The number of fused-ring (bicyclic) bond motifs is 1. The summed E-state index contributed by atoms with van der Waals surface area (Å²) in [6, 6.07) is 19.5. The summed E-state index contributed by atoms with van der Waals surface area (Å²) in [5.74, 6) is 0. The van der Waals surface area contributed by atoms with Crippen LogP contribution in [0.25, 0.3) is 21.3 Å². The monoisotopic (exact) mass is 394 g/mol. The molecule has 0 radical (unpaired) electrons. The molecular formula is C22H19ClN2OS. The van der Waals surface area contributed by atoms with Crippen LogP contribution in [0.4, 0.5) is 0 Å². The smallest absolute Gasteiger partial charge is 0.0763 e. The Balaban J connectivity index is 1.81. The van der Waals surface area contributed by atoms with Crippen molar-refractivity contribution in [2.75, 3.05) is 0 Å². The Morgan fingerprint density at radius 3 is 2.67 bits per heavy atom. The first-order valence-corrected chi connectivity index (χ1v) is 9.91. The zero-order chi connectivity index (χ0) is 19.0. The van der Waals surface area contributed by atoms with Crippen molar-refractivity contribution in [1.82, 2.24) is 4.98 Å². The van der Waals surface area contributed by atoms with Crippen LogP contribution in [-0.2, 0) is 0 Å². The normalized spacial score (nSPS) is 13.6. The highest BCUT2D eigenvalue weighted by Crippen LogP contribution is 2.39. The minimum absolute atomic E-state index is 0.277. The number of rotatable bonds is 4. The van der Waals surface area contributed by atoms with Crippen LogP contribution in [0.1, 0.15) is 35.1 Å². The van der Waals surface area contributed by atoms with Gasteiger partial charge in [-0.15, -0.1) is 11.3 Å². The Hall–Kier alpha value is -2.24. The van der Waals surface area contributed by atoms with Crippen molar-refractivity contribution >= 4 is 33.0 Å². The lowest BCUT2D eigenvalue weighted by Gasteiger charge is -2.11. The van der Waals surface area contributed by atoms with Crippen molar-refractivity contribution in [2.45, 2.75) is 19.1 Å². The second-order valence-electron chi connectivity index (χ2n) is 6.52. The van der Waals surface area contributed by atoms with E-state index in [0.29, 0.717) is 5.02 Å². The van der Waals surface area contributed by atoms with Gasteiger partial charge in [-0.1, -0.05) is 48.0 Å². The number of pyridine rings is 1. The average Bonchev–Trinajstić information content (AvgIpc) is 3.12. The van der Waals surface area contributed by atoms with Gasteiger partial charge in [0.15, 0.2) is 0 Å². The van der Waals surface area contributed by atoms with Crippen molar-refractivity contribution in [3.8, 4) is 11.3 Å². The number of aliphatic hydroxyl groups is 1. The van der Waals surface area contributed by atoms with Gasteiger partial charge < -0.3 is 10.8 Å². The summed E-state index contributed by atoms with van der Waals surface area (Å²) in [6.45, 7) is 1.76. The minimum atomic E-state index is -0.529. The average molecular weight is 395 g/mol. The van der Waals surface area contributed by atoms with Crippen LogP contribution in [0, 0.1) is 0 Å². The summed E-state index contributed by atoms with van der Waals surface area (Å²) in [5.41, 5.74) is 10.2. The molecule has 0 saturated carbocycles. The molecule has 4 rings (SSSR count). The molecule has 1 unspecified atom stereocenters. The predicted molar refractivity (Wildman–Crippen MR) is 113 cm³/mol. The van der Waals surface area contributed by atoms with E-state index in [0.717, 1.165) is 37.3 Å². The van der Waals surface area contributed by atoms with Crippen LogP contribution in [0.3, 0.4) is 0 Å². The van der Waals surface area contributed by atoms with Gasteiger partial charge in [0.25, 0.3) is 0 Å². The van der Waals surface area contributed by atoms with Crippen molar-refractivity contribution < 1.29 is 5.11 Å². The van der Waals surface area contributed by atoms with Crippen LogP contribution < -0.4 is 5.73 Å². The molecule has 136 valence electrons. The van der Waals surface area contributed by atoms with Gasteiger partial charge in [0.2, 0.25) is 0 Å². The molecule has 0 fully saturated rings. The van der Waals surface area contributed by atoms with Gasteiger partial charge in [0, 0.05) is 26.4 Å². The van der Waals surface area contributed by atoms with E-state index >= 15 is 0 Å². The number of thiophene rings is 1. The number of benzene rings is 2. The second kappa shape index (κ2) is 7.41. The molecule has 2 aromatic carbocycles. The van der Waals surface area contributed by atoms with Gasteiger partial charge >= 0.3 is 0 Å². The summed E-state index contributed by atoms with van der Waals surface area (Å²) in [4.78, 5) is 5.56. The lowest BCUT2D eigenvalue weighted by molar-refractivity contribution is 0.199. The van der Waals surface area contributed by atoms with Gasteiger partial charge in [0.1, 0.15) is 0 Å². The van der Waals surface area contributed by atoms with Crippen LogP contribution in [0.2, 0.25) is 5.02 Å². The van der Waals surface area contributed by atoms with Crippen LogP contribution in [0.5, 0.6) is 0 Å². The van der Waals surface area contributed by atoms with Crippen molar-refractivity contribution in [1.29, 1.82) is 0 Å². The van der Waals surface area contributed by atoms with Gasteiger partial charge in [-0.05, 0) is 47.7 Å². The third kappa shape index (κ3) is 3.49. The van der Waals surface area contributed by atoms with Gasteiger partial charge in [-0.3, -0.25) is 4.98 Å². The summed E-state index contributed by atoms with van der Waals surface area (Å²) in [5, 5.41) is 11.7. The number of aromatic nitrogens is 1. The van der Waals surface area contributed by atoms with Gasteiger partial charge in [0.05, 0.1) is 17.8 Å². The second-order valence-corrected chi connectivity index (χ2v) is 8.01. The highest BCUT2D eigenvalue weighted by molar-refractivity contribution is 7.19.